The standard InChI is InChI=1S/C8H11N2.Y/c1-6(2)8-4-9-7(3)10-5-8;/h4,6H,1-3H3;/q-1;. The van der Waals surface area contributed by atoms with E-state index in [2.05, 4.69) is 30.0 Å². The number of hydrogen-bond donors (Lipinski definition) is 0. The maximum absolute atomic E-state index is 4.06. The van der Waals surface area contributed by atoms with Crippen molar-refractivity contribution in [3.8, 4) is 0 Å². The Kier molecular flexibility index (Phi) is 5.02. The van der Waals surface area contributed by atoms with E-state index in [1.165, 1.54) is 0 Å². The third-order valence-electron chi connectivity index (χ3n) is 1.36. The molecule has 0 aromatic carbocycles. The van der Waals surface area contributed by atoms with Crippen LogP contribution in [0.4, 0.5) is 0 Å². The summed E-state index contributed by atoms with van der Waals surface area (Å²) in [5.41, 5.74) is 1.07. The van der Waals surface area contributed by atoms with Crippen LogP contribution in [0.5, 0.6) is 0 Å². The van der Waals surface area contributed by atoms with E-state index in [-0.39, 0.29) is 32.7 Å². The summed E-state index contributed by atoms with van der Waals surface area (Å²) in [4.78, 5) is 8.02. The Hall–Kier alpha value is 0.184. The minimum atomic E-state index is 0. The summed E-state index contributed by atoms with van der Waals surface area (Å²) in [7, 11) is 0. The Morgan fingerprint density at radius 2 is 2.09 bits per heavy atom. The van der Waals surface area contributed by atoms with E-state index in [4.69, 9.17) is 0 Å². The van der Waals surface area contributed by atoms with Crippen LogP contribution in [-0.2, 0) is 32.7 Å². The molecular formula is C8H11N2Y-. The Balaban J connectivity index is 0.000001000. The van der Waals surface area contributed by atoms with Gasteiger partial charge in [-0.3, -0.25) is 0 Å². The molecule has 0 spiro atoms. The van der Waals surface area contributed by atoms with E-state index in [1.54, 1.807) is 0 Å². The maximum Gasteiger partial charge on any atom is 0.0104 e. The average molecular weight is 224 g/mol. The molecule has 1 rings (SSSR count). The van der Waals surface area contributed by atoms with Crippen molar-refractivity contribution >= 4 is 0 Å². The fourth-order valence-corrected chi connectivity index (χ4v) is 0.644. The number of aryl methyl sites for hydroxylation is 1. The van der Waals surface area contributed by atoms with Gasteiger partial charge in [-0.25, -0.2) is 0 Å². The Labute approximate surface area is 92.7 Å². The fraction of sp³-hybridized carbons (Fsp3) is 0.500. The Bertz CT molecular complexity index is 206. The van der Waals surface area contributed by atoms with Crippen molar-refractivity contribution in [2.45, 2.75) is 26.7 Å². The second-order valence-electron chi connectivity index (χ2n) is 2.64. The van der Waals surface area contributed by atoms with Gasteiger partial charge in [0, 0.05) is 38.5 Å². The van der Waals surface area contributed by atoms with Gasteiger partial charge in [-0.1, -0.05) is 33.2 Å². The van der Waals surface area contributed by atoms with Gasteiger partial charge in [-0.2, -0.15) is 0 Å². The molecule has 0 N–H and O–H groups in total. The van der Waals surface area contributed by atoms with Crippen LogP contribution >= 0.6 is 0 Å². The topological polar surface area (TPSA) is 25.8 Å². The second kappa shape index (κ2) is 4.94. The van der Waals surface area contributed by atoms with Crippen molar-refractivity contribution in [3.63, 3.8) is 0 Å². The zero-order valence-electron chi connectivity index (χ0n) is 7.13. The quantitative estimate of drug-likeness (QED) is 0.678. The molecule has 0 atom stereocenters. The van der Waals surface area contributed by atoms with Crippen LogP contribution in [0.3, 0.4) is 0 Å². The molecule has 0 fully saturated rings. The molecule has 0 unspecified atom stereocenters. The van der Waals surface area contributed by atoms with Gasteiger partial charge in [-0.05, 0) is 5.92 Å². The van der Waals surface area contributed by atoms with E-state index in [0.717, 1.165) is 11.4 Å². The van der Waals surface area contributed by atoms with Crippen LogP contribution in [0, 0.1) is 13.1 Å². The van der Waals surface area contributed by atoms with Gasteiger partial charge < -0.3 is 9.97 Å². The molecule has 1 heterocycles. The largest absolute Gasteiger partial charge is 0.373 e. The number of aromatic nitrogens is 2. The first-order valence-electron chi connectivity index (χ1n) is 3.41. The predicted octanol–water partition coefficient (Wildman–Crippen LogP) is 1.71. The molecule has 11 heavy (non-hydrogen) atoms. The summed E-state index contributed by atoms with van der Waals surface area (Å²) < 4.78 is 0. The molecule has 0 amide bonds. The fourth-order valence-electron chi connectivity index (χ4n) is 0.644. The van der Waals surface area contributed by atoms with Crippen LogP contribution in [0.15, 0.2) is 6.20 Å². The van der Waals surface area contributed by atoms with Gasteiger partial charge in [0.15, 0.2) is 0 Å². The van der Waals surface area contributed by atoms with Crippen molar-refractivity contribution in [1.29, 1.82) is 0 Å². The molecule has 1 aromatic rings. The van der Waals surface area contributed by atoms with E-state index < -0.39 is 0 Å². The van der Waals surface area contributed by atoms with Gasteiger partial charge in [-0.15, -0.1) is 5.56 Å². The molecule has 3 heteroatoms. The molecule has 0 saturated heterocycles. The van der Waals surface area contributed by atoms with Gasteiger partial charge in [0.25, 0.3) is 0 Å². The van der Waals surface area contributed by atoms with Crippen molar-refractivity contribution in [2.24, 2.45) is 0 Å². The minimum absolute atomic E-state index is 0. The smallest absolute Gasteiger partial charge is 0.0104 e. The zero-order chi connectivity index (χ0) is 7.56. The predicted molar refractivity (Wildman–Crippen MR) is 39.7 cm³/mol. The van der Waals surface area contributed by atoms with E-state index >= 15 is 0 Å². The van der Waals surface area contributed by atoms with Crippen LogP contribution in [0.25, 0.3) is 0 Å². The molecule has 0 aliphatic heterocycles. The van der Waals surface area contributed by atoms with Crippen molar-refractivity contribution in [1.82, 2.24) is 9.97 Å². The second-order valence-corrected chi connectivity index (χ2v) is 2.64. The van der Waals surface area contributed by atoms with E-state index in [1.807, 2.05) is 13.1 Å². The zero-order valence-corrected chi connectivity index (χ0v) is 9.96. The third kappa shape index (κ3) is 3.39. The molecule has 1 aromatic heterocycles. The first-order chi connectivity index (χ1) is 4.70. The van der Waals surface area contributed by atoms with Crippen LogP contribution in [0.2, 0.25) is 0 Å². The molecule has 0 aliphatic carbocycles. The van der Waals surface area contributed by atoms with Crippen molar-refractivity contribution in [2.75, 3.05) is 0 Å². The molecule has 0 bridgehead atoms. The van der Waals surface area contributed by atoms with Gasteiger partial charge in [0.1, 0.15) is 0 Å². The van der Waals surface area contributed by atoms with Crippen molar-refractivity contribution in [3.05, 3.63) is 23.8 Å². The summed E-state index contributed by atoms with van der Waals surface area (Å²) in [6, 6.07) is 0. The van der Waals surface area contributed by atoms with Gasteiger partial charge in [0.2, 0.25) is 0 Å². The number of hydrogen-bond acceptors (Lipinski definition) is 2. The van der Waals surface area contributed by atoms with Crippen LogP contribution in [-0.4, -0.2) is 9.97 Å². The minimum Gasteiger partial charge on any atom is -0.373 e. The monoisotopic (exact) mass is 224 g/mol. The number of rotatable bonds is 1. The number of nitrogens with zero attached hydrogens (tertiary/aromatic N) is 2. The molecule has 0 aliphatic rings. The normalized spacial score (nSPS) is 9.45. The molecular weight excluding hydrogens is 213 g/mol. The molecule has 57 valence electrons. The summed E-state index contributed by atoms with van der Waals surface area (Å²) in [6.07, 6.45) is 4.75. The third-order valence-corrected chi connectivity index (χ3v) is 1.36. The SMILES string of the molecule is Cc1n[c-]c(C(C)C)cn1.[Y]. The molecule has 1 radical (unpaired) electrons. The summed E-state index contributed by atoms with van der Waals surface area (Å²) in [6.45, 7) is 6.07. The first-order valence-corrected chi connectivity index (χ1v) is 3.41. The first kappa shape index (κ1) is 11.2. The Morgan fingerprint density at radius 3 is 2.45 bits per heavy atom. The van der Waals surface area contributed by atoms with E-state index in [9.17, 15) is 0 Å². The van der Waals surface area contributed by atoms with Crippen molar-refractivity contribution < 1.29 is 32.7 Å². The van der Waals surface area contributed by atoms with Crippen LogP contribution in [0.1, 0.15) is 31.2 Å². The molecule has 0 saturated carbocycles. The Morgan fingerprint density at radius 1 is 1.45 bits per heavy atom. The average Bonchev–Trinajstić information content (AvgIpc) is 1.88. The van der Waals surface area contributed by atoms with Gasteiger partial charge in [0.05, 0.1) is 0 Å². The summed E-state index contributed by atoms with van der Waals surface area (Å²) in [5.74, 6) is 1.25. The van der Waals surface area contributed by atoms with Gasteiger partial charge >= 0.3 is 0 Å². The van der Waals surface area contributed by atoms with E-state index in [0.29, 0.717) is 5.92 Å². The maximum atomic E-state index is 4.06. The summed E-state index contributed by atoms with van der Waals surface area (Å²) in [5, 5.41) is 0. The molecule has 2 nitrogen and oxygen atoms in total. The van der Waals surface area contributed by atoms with Crippen LogP contribution < -0.4 is 0 Å². The summed E-state index contributed by atoms with van der Waals surface area (Å²) >= 11 is 0.